The van der Waals surface area contributed by atoms with E-state index in [9.17, 15) is 18.3 Å². The minimum atomic E-state index is -3.97. The number of hydrogen-bond acceptors (Lipinski definition) is 7. The van der Waals surface area contributed by atoms with E-state index in [2.05, 4.69) is 21.8 Å². The van der Waals surface area contributed by atoms with E-state index < -0.39 is 26.8 Å². The molecule has 2 aliphatic heterocycles. The maximum Gasteiger partial charge on any atom is 0.283 e. The van der Waals surface area contributed by atoms with E-state index in [1.165, 1.54) is 17.2 Å². The Morgan fingerprint density at radius 3 is 2.76 bits per heavy atom. The lowest BCUT2D eigenvalue weighted by Gasteiger charge is -2.48. The van der Waals surface area contributed by atoms with Crippen LogP contribution in [0.25, 0.3) is 0 Å². The molecule has 1 aromatic heterocycles. The molecule has 0 saturated heterocycles. The van der Waals surface area contributed by atoms with Crippen LogP contribution < -0.4 is 14.4 Å². The first-order chi connectivity index (χ1) is 19.9. The van der Waals surface area contributed by atoms with Crippen molar-refractivity contribution in [1.29, 1.82) is 0 Å². The van der Waals surface area contributed by atoms with Crippen molar-refractivity contribution in [3.63, 3.8) is 0 Å². The first-order valence-corrected chi connectivity index (χ1v) is 16.9. The molecule has 2 aliphatic carbocycles. The number of sulfonamides is 1. The zero-order valence-corrected chi connectivity index (χ0v) is 26.0. The summed E-state index contributed by atoms with van der Waals surface area (Å²) in [4.78, 5) is 20.2. The van der Waals surface area contributed by atoms with Gasteiger partial charge >= 0.3 is 0 Å². The molecule has 42 heavy (non-hydrogen) atoms. The summed E-state index contributed by atoms with van der Waals surface area (Å²) in [5.74, 6) is 0.349. The lowest BCUT2D eigenvalue weighted by atomic mass is 9.64. The molecule has 2 N–H and O–H groups in total. The number of nitrogens with one attached hydrogen (secondary N) is 1. The number of aryl methyl sites for hydroxylation is 1. The Kier molecular flexibility index (Phi) is 7.59. The van der Waals surface area contributed by atoms with Crippen molar-refractivity contribution in [3.8, 4) is 5.75 Å². The first-order valence-electron chi connectivity index (χ1n) is 15.0. The summed E-state index contributed by atoms with van der Waals surface area (Å²) in [5, 5.41) is 11.5. The molecule has 0 unspecified atom stereocenters. The second-order valence-corrected chi connectivity index (χ2v) is 15.6. The summed E-state index contributed by atoms with van der Waals surface area (Å²) >= 11 is 6.38. The standard InChI is InChI=1S/C32H40ClN3O5S/c1-20-6-4-14-31(3,38)25-10-8-23(25)17-36-18-32(15-5-7-22-16-24(33)9-11-26(22)32)19-41-28-13-12-27(34-29(28)36)30(37)35-42(39,40)21(20)2/h4,9,11-14,16,20-21,23,25,38H,5-8,10,15,17-19H2,1-3H3,(H,35,37)/b14-4+/t20-,21+,23-,25+,31+,32-/m0/s1. The molecule has 1 saturated carbocycles. The molecule has 2 aromatic rings. The van der Waals surface area contributed by atoms with Gasteiger partial charge in [-0.05, 0) is 106 Å². The fourth-order valence-corrected chi connectivity index (χ4v) is 8.83. The number of pyridine rings is 1. The van der Waals surface area contributed by atoms with Gasteiger partial charge in [0.05, 0.1) is 17.5 Å². The third-order valence-corrected chi connectivity index (χ3v) is 12.4. The summed E-state index contributed by atoms with van der Waals surface area (Å²) in [5.41, 5.74) is 1.15. The van der Waals surface area contributed by atoms with Gasteiger partial charge < -0.3 is 14.7 Å². The van der Waals surface area contributed by atoms with E-state index in [1.807, 2.05) is 32.1 Å². The molecule has 0 radical (unpaired) electrons. The topological polar surface area (TPSA) is 109 Å². The summed E-state index contributed by atoms with van der Waals surface area (Å²) in [6.45, 7) is 7.02. The second kappa shape index (κ2) is 10.8. The van der Waals surface area contributed by atoms with Gasteiger partial charge in [-0.25, -0.2) is 18.1 Å². The SMILES string of the molecule is C[C@@H]1[C@@H](C)C/C=C/[C@@](C)(O)[C@@H]2CC[C@H]2CN2C[C@@]3(CCCc4cc(Cl)ccc43)COc3ccc(nc32)C(=O)NS1(=O)=O. The number of aliphatic hydroxyl groups is 1. The van der Waals surface area contributed by atoms with E-state index in [0.29, 0.717) is 37.7 Å². The molecule has 1 aromatic carbocycles. The Labute approximate surface area is 253 Å². The number of benzene rings is 1. The third kappa shape index (κ3) is 5.33. The lowest BCUT2D eigenvalue weighted by Crippen LogP contribution is -2.51. The highest BCUT2D eigenvalue weighted by Gasteiger charge is 2.47. The summed E-state index contributed by atoms with van der Waals surface area (Å²) in [7, 11) is -3.97. The average molecular weight is 614 g/mol. The number of halogens is 1. The van der Waals surface area contributed by atoms with Gasteiger partial charge in [0.15, 0.2) is 11.6 Å². The number of anilines is 1. The van der Waals surface area contributed by atoms with Crippen LogP contribution in [0.15, 0.2) is 42.5 Å². The van der Waals surface area contributed by atoms with Gasteiger partial charge in [0.1, 0.15) is 5.69 Å². The molecule has 226 valence electrons. The lowest BCUT2D eigenvalue weighted by molar-refractivity contribution is -0.0315. The Balaban J connectivity index is 1.44. The van der Waals surface area contributed by atoms with Crippen molar-refractivity contribution < 1.29 is 23.1 Å². The molecule has 1 fully saturated rings. The number of amides is 1. The van der Waals surface area contributed by atoms with Crippen molar-refractivity contribution in [1.82, 2.24) is 9.71 Å². The zero-order valence-electron chi connectivity index (χ0n) is 24.5. The second-order valence-electron chi connectivity index (χ2n) is 13.1. The van der Waals surface area contributed by atoms with Gasteiger partial charge in [-0.15, -0.1) is 0 Å². The number of hydrogen-bond donors (Lipinski definition) is 2. The Bertz CT molecular complexity index is 1530. The van der Waals surface area contributed by atoms with Crippen LogP contribution in [0.3, 0.4) is 0 Å². The van der Waals surface area contributed by atoms with E-state index in [1.54, 1.807) is 13.0 Å². The van der Waals surface area contributed by atoms with Gasteiger partial charge in [-0.2, -0.15) is 0 Å². The van der Waals surface area contributed by atoms with Gasteiger partial charge in [0.25, 0.3) is 5.91 Å². The van der Waals surface area contributed by atoms with Gasteiger partial charge in [0.2, 0.25) is 10.0 Å². The van der Waals surface area contributed by atoms with Crippen LogP contribution in [0.5, 0.6) is 5.75 Å². The highest BCUT2D eigenvalue weighted by atomic mass is 35.5. The van der Waals surface area contributed by atoms with E-state index in [-0.39, 0.29) is 28.9 Å². The normalized spacial score (nSPS) is 35.1. The quantitative estimate of drug-likeness (QED) is 0.401. The highest BCUT2D eigenvalue weighted by Crippen LogP contribution is 2.47. The summed E-state index contributed by atoms with van der Waals surface area (Å²) in [6.07, 6.45) is 8.97. The van der Waals surface area contributed by atoms with Crippen LogP contribution >= 0.6 is 11.6 Å². The molecule has 2 bridgehead atoms. The van der Waals surface area contributed by atoms with Crippen LogP contribution in [-0.4, -0.2) is 55.0 Å². The minimum absolute atomic E-state index is 0.0294. The van der Waals surface area contributed by atoms with E-state index in [0.717, 1.165) is 37.1 Å². The number of nitrogens with zero attached hydrogens (tertiary/aromatic N) is 2. The molecular weight excluding hydrogens is 574 g/mol. The van der Waals surface area contributed by atoms with Crippen LogP contribution in [0.1, 0.15) is 74.5 Å². The van der Waals surface area contributed by atoms with Crippen LogP contribution in [0, 0.1) is 17.8 Å². The summed E-state index contributed by atoms with van der Waals surface area (Å²) < 4.78 is 35.1. The van der Waals surface area contributed by atoms with Crippen molar-refractivity contribution in [2.45, 2.75) is 75.6 Å². The molecule has 6 rings (SSSR count). The fourth-order valence-electron chi connectivity index (χ4n) is 7.36. The van der Waals surface area contributed by atoms with Crippen molar-refractivity contribution in [3.05, 3.63) is 64.3 Å². The molecule has 1 spiro atoms. The van der Waals surface area contributed by atoms with Crippen molar-refractivity contribution in [2.75, 3.05) is 24.6 Å². The molecule has 4 aliphatic rings. The predicted octanol–water partition coefficient (Wildman–Crippen LogP) is 5.03. The number of ether oxygens (including phenoxy) is 1. The molecule has 6 atom stereocenters. The predicted molar refractivity (Wildman–Crippen MR) is 164 cm³/mol. The fraction of sp³-hybridized carbons (Fsp3) is 0.562. The largest absolute Gasteiger partial charge is 0.489 e. The van der Waals surface area contributed by atoms with E-state index in [4.69, 9.17) is 21.3 Å². The number of aromatic nitrogens is 1. The molecular formula is C32H40ClN3O5S. The van der Waals surface area contributed by atoms with Crippen molar-refractivity contribution in [2.24, 2.45) is 17.8 Å². The maximum atomic E-state index is 13.3. The van der Waals surface area contributed by atoms with E-state index >= 15 is 0 Å². The number of allylic oxidation sites excluding steroid dienone is 1. The zero-order chi connectivity index (χ0) is 29.9. The smallest absolute Gasteiger partial charge is 0.283 e. The summed E-state index contributed by atoms with van der Waals surface area (Å²) in [6, 6.07) is 9.38. The minimum Gasteiger partial charge on any atom is -0.489 e. The third-order valence-electron chi connectivity index (χ3n) is 10.2. The maximum absolute atomic E-state index is 13.3. The molecule has 3 heterocycles. The number of rotatable bonds is 0. The van der Waals surface area contributed by atoms with Gasteiger partial charge in [0, 0.05) is 23.5 Å². The van der Waals surface area contributed by atoms with Gasteiger partial charge in [-0.3, -0.25) is 4.79 Å². The number of fused-ring (bicyclic) bond motifs is 4. The Morgan fingerprint density at radius 1 is 1.19 bits per heavy atom. The molecule has 1 amide bonds. The van der Waals surface area contributed by atoms with Gasteiger partial charge in [-0.1, -0.05) is 36.7 Å². The van der Waals surface area contributed by atoms with Crippen LogP contribution in [0.4, 0.5) is 5.82 Å². The number of carbonyl (C=O) groups excluding carboxylic acids is 1. The monoisotopic (exact) mass is 613 g/mol. The highest BCUT2D eigenvalue weighted by molar-refractivity contribution is 7.90. The van der Waals surface area contributed by atoms with Crippen molar-refractivity contribution >= 4 is 33.3 Å². The average Bonchev–Trinajstić information content (AvgIpc) is 3.06. The first kappa shape index (κ1) is 29.5. The Hall–Kier alpha value is -2.62. The molecule has 10 heteroatoms. The molecule has 8 nitrogen and oxygen atoms in total. The van der Waals surface area contributed by atoms with Crippen LogP contribution in [-0.2, 0) is 21.9 Å². The number of carbonyl (C=O) groups is 1. The van der Waals surface area contributed by atoms with Crippen LogP contribution in [0.2, 0.25) is 5.02 Å². The Morgan fingerprint density at radius 2 is 2.00 bits per heavy atom.